The molecule has 0 spiro atoms. The fourth-order valence-corrected chi connectivity index (χ4v) is 2.58. The molecule has 3 unspecified atom stereocenters. The van der Waals surface area contributed by atoms with Crippen molar-refractivity contribution in [3.8, 4) is 0 Å². The number of hydrogen-bond donors (Lipinski definition) is 0. The van der Waals surface area contributed by atoms with Crippen LogP contribution >= 0.6 is 0 Å². The smallest absolute Gasteiger partial charge is 0.373 e. The van der Waals surface area contributed by atoms with Gasteiger partial charge in [0.05, 0.1) is 12.7 Å². The van der Waals surface area contributed by atoms with E-state index in [0.717, 1.165) is 0 Å². The molecule has 0 bridgehead atoms. The Morgan fingerprint density at radius 2 is 1.11 bits per heavy atom. The van der Waals surface area contributed by atoms with Gasteiger partial charge in [0.15, 0.2) is 0 Å². The highest BCUT2D eigenvalue weighted by Gasteiger charge is 2.84. The minimum Gasteiger partial charge on any atom is -0.373 e. The molecule has 1 rings (SSSR count). The summed E-state index contributed by atoms with van der Waals surface area (Å²) in [6, 6.07) is 0. The van der Waals surface area contributed by atoms with Gasteiger partial charge in [-0.3, -0.25) is 9.47 Å². The molecule has 1 saturated heterocycles. The molecule has 1 aliphatic heterocycles. The van der Waals surface area contributed by atoms with E-state index in [1.165, 1.54) is 4.74 Å². The fraction of sp³-hybridized carbons (Fsp3) is 0.889. The highest BCUT2D eigenvalue weighted by atomic mass is 19.4. The molecule has 38 heavy (non-hydrogen) atoms. The molecule has 20 heteroatoms. The van der Waals surface area contributed by atoms with E-state index in [1.54, 1.807) is 0 Å². The fourth-order valence-electron chi connectivity index (χ4n) is 2.58. The molecule has 3 atom stereocenters. The Morgan fingerprint density at radius 1 is 0.605 bits per heavy atom. The van der Waals surface area contributed by atoms with E-state index in [-0.39, 0.29) is 25.0 Å². The predicted molar refractivity (Wildman–Crippen MR) is 89.4 cm³/mol. The van der Waals surface area contributed by atoms with E-state index >= 15 is 0 Å². The number of alkyl halides is 17. The Bertz CT molecular complexity index is 799. The molecule has 1 fully saturated rings. The van der Waals surface area contributed by atoms with Crippen LogP contribution in [0.4, 0.5) is 74.6 Å². The van der Waals surface area contributed by atoms with Gasteiger partial charge in [0, 0.05) is 0 Å². The largest absolute Gasteiger partial charge is 0.462 e. The molecule has 0 N–H and O–H groups in total. The van der Waals surface area contributed by atoms with E-state index in [1.807, 2.05) is 0 Å². The summed E-state index contributed by atoms with van der Waals surface area (Å²) in [7, 11) is 0. The molecule has 0 aliphatic carbocycles. The Hall–Kier alpha value is -1.57. The van der Waals surface area contributed by atoms with Crippen LogP contribution in [0.5, 0.6) is 0 Å². The van der Waals surface area contributed by atoms with Crippen LogP contribution in [0, 0.1) is 0 Å². The summed E-state index contributed by atoms with van der Waals surface area (Å²) in [5, 5.41) is 0. The van der Waals surface area contributed by atoms with Crippen molar-refractivity contribution in [2.75, 3.05) is 6.61 Å². The van der Waals surface area contributed by atoms with Gasteiger partial charge < -0.3 is 4.74 Å². The SMILES string of the molecule is FC(F)(F)C(F)(C=CCCCCCCC1CO1)OC(F)(F)C(F)(OC(F)(F)C(F)(F)C(F)(F)F)C(F)(F)F. The molecular formula is C18H17F17O3. The average Bonchev–Trinajstić information content (AvgIpc) is 3.50. The van der Waals surface area contributed by atoms with Crippen LogP contribution in [0.2, 0.25) is 0 Å². The Balaban J connectivity index is 3.17. The number of hydrogen-bond acceptors (Lipinski definition) is 3. The molecular weight excluding hydrogens is 587 g/mol. The molecule has 1 heterocycles. The highest BCUT2D eigenvalue weighted by molar-refractivity contribution is 5.03. The first-order valence-corrected chi connectivity index (χ1v) is 10.2. The molecule has 0 amide bonds. The quantitative estimate of drug-likeness (QED) is 0.0869. The van der Waals surface area contributed by atoms with E-state index in [4.69, 9.17) is 4.74 Å². The van der Waals surface area contributed by atoms with Crippen molar-refractivity contribution in [2.45, 2.75) is 93.0 Å². The predicted octanol–water partition coefficient (Wildman–Crippen LogP) is 8.15. The lowest BCUT2D eigenvalue weighted by atomic mass is 10.1. The van der Waals surface area contributed by atoms with Crippen LogP contribution < -0.4 is 0 Å². The molecule has 0 saturated carbocycles. The maximum atomic E-state index is 14.3. The van der Waals surface area contributed by atoms with E-state index in [9.17, 15) is 74.6 Å². The van der Waals surface area contributed by atoms with E-state index in [2.05, 4.69) is 4.74 Å². The summed E-state index contributed by atoms with van der Waals surface area (Å²) in [5.41, 5.74) is 0. The van der Waals surface area contributed by atoms with Crippen LogP contribution in [0.3, 0.4) is 0 Å². The molecule has 0 radical (unpaired) electrons. The van der Waals surface area contributed by atoms with Crippen LogP contribution in [0.25, 0.3) is 0 Å². The number of unbranched alkanes of at least 4 members (excludes halogenated alkanes) is 4. The number of allylic oxidation sites excluding steroid dienone is 1. The van der Waals surface area contributed by atoms with Gasteiger partial charge in [-0.05, 0) is 25.3 Å². The number of rotatable bonds is 14. The van der Waals surface area contributed by atoms with Crippen molar-refractivity contribution in [1.29, 1.82) is 0 Å². The van der Waals surface area contributed by atoms with Crippen molar-refractivity contribution >= 4 is 0 Å². The molecule has 0 aromatic carbocycles. The lowest BCUT2D eigenvalue weighted by molar-refractivity contribution is -0.548. The standard InChI is InChI=1S/C18H17F17O3/c19-11(14(23,24)25,8-6-4-2-1-3-5-7-10-9-36-10)37-18(34,35)13(22,16(29,30)31)38-17(32,33)12(20,21)15(26,27)28/h6,8,10H,1-5,7,9H2. The van der Waals surface area contributed by atoms with Gasteiger partial charge in [-0.25, -0.2) is 0 Å². The molecule has 0 aromatic heterocycles. The Kier molecular flexibility index (Phi) is 10.1. The molecule has 226 valence electrons. The van der Waals surface area contributed by atoms with Crippen LogP contribution in [0.1, 0.15) is 38.5 Å². The third kappa shape index (κ3) is 7.76. The summed E-state index contributed by atoms with van der Waals surface area (Å²) in [5.74, 6) is -21.7. The van der Waals surface area contributed by atoms with E-state index < -0.39 is 60.9 Å². The molecule has 0 aromatic rings. The zero-order chi connectivity index (χ0) is 30.1. The van der Waals surface area contributed by atoms with Gasteiger partial charge in [-0.2, -0.15) is 74.6 Å². The topological polar surface area (TPSA) is 31.0 Å². The number of epoxide rings is 1. The second-order valence-corrected chi connectivity index (χ2v) is 7.89. The summed E-state index contributed by atoms with van der Waals surface area (Å²) in [6.45, 7) is 0.547. The zero-order valence-electron chi connectivity index (χ0n) is 18.3. The van der Waals surface area contributed by atoms with Gasteiger partial charge in [0.2, 0.25) is 0 Å². The second kappa shape index (κ2) is 11.1. The first-order chi connectivity index (χ1) is 16.7. The Labute approximate surface area is 201 Å². The summed E-state index contributed by atoms with van der Waals surface area (Å²) >= 11 is 0. The molecule has 3 nitrogen and oxygen atoms in total. The second-order valence-electron chi connectivity index (χ2n) is 7.89. The van der Waals surface area contributed by atoms with Crippen molar-refractivity contribution < 1.29 is 88.8 Å². The minimum atomic E-state index is -7.86. The first kappa shape index (κ1) is 34.5. The molecule has 1 aliphatic rings. The monoisotopic (exact) mass is 604 g/mol. The van der Waals surface area contributed by atoms with Crippen molar-refractivity contribution in [3.05, 3.63) is 12.2 Å². The van der Waals surface area contributed by atoms with Crippen LogP contribution in [0.15, 0.2) is 12.2 Å². The summed E-state index contributed by atoms with van der Waals surface area (Å²) in [6.07, 6.45) is -36.9. The minimum absolute atomic E-state index is 0.0379. The lowest BCUT2D eigenvalue weighted by Crippen LogP contribution is -2.67. The number of ether oxygens (including phenoxy) is 3. The first-order valence-electron chi connectivity index (χ1n) is 10.2. The zero-order valence-corrected chi connectivity index (χ0v) is 18.3. The normalized spacial score (nSPS) is 21.4. The number of halogens is 17. The van der Waals surface area contributed by atoms with Crippen molar-refractivity contribution in [2.24, 2.45) is 0 Å². The maximum absolute atomic E-state index is 14.3. The summed E-state index contributed by atoms with van der Waals surface area (Å²) in [4.78, 5) is 0. The van der Waals surface area contributed by atoms with E-state index in [0.29, 0.717) is 25.9 Å². The summed E-state index contributed by atoms with van der Waals surface area (Å²) < 4.78 is 230. The average molecular weight is 604 g/mol. The Morgan fingerprint density at radius 3 is 1.53 bits per heavy atom. The van der Waals surface area contributed by atoms with Crippen molar-refractivity contribution in [1.82, 2.24) is 0 Å². The highest BCUT2D eigenvalue weighted by Crippen LogP contribution is 2.56. The van der Waals surface area contributed by atoms with Crippen LogP contribution in [-0.2, 0) is 14.2 Å². The van der Waals surface area contributed by atoms with Gasteiger partial charge in [-0.15, -0.1) is 0 Å². The van der Waals surface area contributed by atoms with Gasteiger partial charge in [0.1, 0.15) is 0 Å². The maximum Gasteiger partial charge on any atom is 0.462 e. The lowest BCUT2D eigenvalue weighted by Gasteiger charge is -2.40. The third-order valence-corrected chi connectivity index (χ3v) is 4.77. The van der Waals surface area contributed by atoms with Gasteiger partial charge in [-0.1, -0.05) is 25.3 Å². The van der Waals surface area contributed by atoms with Crippen LogP contribution in [-0.4, -0.2) is 61.1 Å². The van der Waals surface area contributed by atoms with Gasteiger partial charge in [0.25, 0.3) is 0 Å². The van der Waals surface area contributed by atoms with Crippen molar-refractivity contribution in [3.63, 3.8) is 0 Å². The third-order valence-electron chi connectivity index (χ3n) is 4.77. The van der Waals surface area contributed by atoms with Gasteiger partial charge >= 0.3 is 48.4 Å².